The fourth-order valence-corrected chi connectivity index (χ4v) is 2.86. The third-order valence-electron chi connectivity index (χ3n) is 4.29. The van der Waals surface area contributed by atoms with Crippen molar-refractivity contribution < 1.29 is 9.72 Å². The highest BCUT2D eigenvalue weighted by Crippen LogP contribution is 2.21. The summed E-state index contributed by atoms with van der Waals surface area (Å²) >= 11 is 0. The first kappa shape index (κ1) is 16.1. The molecule has 1 aliphatic heterocycles. The number of hydrogen-bond donors (Lipinski definition) is 1. The largest absolute Gasteiger partial charge is 0.335 e. The summed E-state index contributed by atoms with van der Waals surface area (Å²) in [6.07, 6.45) is 2.83. The maximum atomic E-state index is 12.5. The minimum atomic E-state index is -0.601. The zero-order valence-electron chi connectivity index (χ0n) is 13.3. The molecular formula is C15H18N6O3. The van der Waals surface area contributed by atoms with Crippen molar-refractivity contribution in [2.45, 2.75) is 13.0 Å². The second-order valence-electron chi connectivity index (χ2n) is 5.65. The van der Waals surface area contributed by atoms with E-state index in [0.717, 1.165) is 11.9 Å². The lowest BCUT2D eigenvalue weighted by molar-refractivity contribution is -0.385. The summed E-state index contributed by atoms with van der Waals surface area (Å²) in [5.74, 6) is -0.385. The van der Waals surface area contributed by atoms with Gasteiger partial charge < -0.3 is 4.90 Å². The van der Waals surface area contributed by atoms with Crippen molar-refractivity contribution in [1.29, 1.82) is 0 Å². The third-order valence-corrected chi connectivity index (χ3v) is 4.29. The number of nitrogens with one attached hydrogen (secondary N) is 1. The first-order chi connectivity index (χ1) is 11.6. The van der Waals surface area contributed by atoms with Gasteiger partial charge in [-0.05, 0) is 19.1 Å². The summed E-state index contributed by atoms with van der Waals surface area (Å²) in [5.41, 5.74) is 0.636. The second kappa shape index (κ2) is 6.75. The van der Waals surface area contributed by atoms with Crippen LogP contribution in [0.2, 0.25) is 0 Å². The van der Waals surface area contributed by atoms with Crippen LogP contribution in [0, 0.1) is 10.1 Å². The zero-order valence-corrected chi connectivity index (χ0v) is 13.3. The first-order valence-electron chi connectivity index (χ1n) is 7.70. The molecular weight excluding hydrogens is 312 g/mol. The smallest absolute Gasteiger partial charge is 0.319 e. The summed E-state index contributed by atoms with van der Waals surface area (Å²) in [5, 5.41) is 17.0. The number of aromatic nitrogens is 3. The van der Waals surface area contributed by atoms with Crippen LogP contribution >= 0.6 is 0 Å². The Labute approximate surface area is 138 Å². The Morgan fingerprint density at radius 1 is 1.33 bits per heavy atom. The lowest BCUT2D eigenvalue weighted by Gasteiger charge is -2.37. The predicted molar refractivity (Wildman–Crippen MR) is 85.4 cm³/mol. The van der Waals surface area contributed by atoms with Crippen LogP contribution in [0.5, 0.6) is 0 Å². The molecule has 9 nitrogen and oxygen atoms in total. The number of H-pyrrole nitrogens is 1. The summed E-state index contributed by atoms with van der Waals surface area (Å²) in [4.78, 5) is 31.0. The van der Waals surface area contributed by atoms with Gasteiger partial charge in [0.25, 0.3) is 5.91 Å². The molecule has 3 rings (SSSR count). The van der Waals surface area contributed by atoms with Gasteiger partial charge in [0.15, 0.2) is 0 Å². The second-order valence-corrected chi connectivity index (χ2v) is 5.65. The van der Waals surface area contributed by atoms with Crippen LogP contribution in [0.25, 0.3) is 0 Å². The fourth-order valence-electron chi connectivity index (χ4n) is 2.86. The molecule has 0 radical (unpaired) electrons. The number of nitrogens with zero attached hydrogens (tertiary/aromatic N) is 5. The van der Waals surface area contributed by atoms with Crippen LogP contribution in [0.1, 0.15) is 29.1 Å². The Hall–Kier alpha value is -2.81. The van der Waals surface area contributed by atoms with E-state index in [0.29, 0.717) is 26.2 Å². The molecule has 2 aromatic rings. The Balaban J connectivity index is 1.64. The van der Waals surface area contributed by atoms with Gasteiger partial charge in [-0.15, -0.1) is 0 Å². The van der Waals surface area contributed by atoms with Gasteiger partial charge in [-0.3, -0.25) is 29.9 Å². The highest BCUT2D eigenvalue weighted by Gasteiger charge is 2.30. The van der Waals surface area contributed by atoms with Gasteiger partial charge in [-0.25, -0.2) is 0 Å². The molecule has 0 bridgehead atoms. The van der Waals surface area contributed by atoms with E-state index in [1.807, 2.05) is 18.2 Å². The van der Waals surface area contributed by atoms with E-state index in [-0.39, 0.29) is 23.3 Å². The standard InChI is InChI=1S/C15H18N6O3/c1-11(12-4-2-3-5-16-12)19-6-8-20(9-7-19)15(22)14-13(21(23)24)10-17-18-14/h2-5,10-11H,6-9H2,1H3,(H,17,18). The molecule has 1 aliphatic rings. The minimum absolute atomic E-state index is 0.0637. The molecule has 9 heteroatoms. The summed E-state index contributed by atoms with van der Waals surface area (Å²) in [7, 11) is 0. The topological polar surface area (TPSA) is 108 Å². The van der Waals surface area contributed by atoms with E-state index in [1.165, 1.54) is 0 Å². The molecule has 2 aromatic heterocycles. The molecule has 1 fully saturated rings. The van der Waals surface area contributed by atoms with Gasteiger partial charge in [0, 0.05) is 38.4 Å². The Bertz CT molecular complexity index is 724. The highest BCUT2D eigenvalue weighted by atomic mass is 16.6. The lowest BCUT2D eigenvalue weighted by atomic mass is 10.1. The molecule has 1 atom stereocenters. The van der Waals surface area contributed by atoms with Gasteiger partial charge in [0.2, 0.25) is 5.69 Å². The average molecular weight is 330 g/mol. The lowest BCUT2D eigenvalue weighted by Crippen LogP contribution is -2.49. The molecule has 0 aliphatic carbocycles. The molecule has 24 heavy (non-hydrogen) atoms. The quantitative estimate of drug-likeness (QED) is 0.667. The van der Waals surface area contributed by atoms with Gasteiger partial charge in [0.05, 0.1) is 10.6 Å². The molecule has 3 heterocycles. The maximum absolute atomic E-state index is 12.5. The summed E-state index contributed by atoms with van der Waals surface area (Å²) < 4.78 is 0. The number of carbonyl (C=O) groups is 1. The minimum Gasteiger partial charge on any atom is -0.335 e. The van der Waals surface area contributed by atoms with E-state index in [2.05, 4.69) is 27.0 Å². The number of carbonyl (C=O) groups excluding carboxylic acids is 1. The third kappa shape index (κ3) is 3.11. The SMILES string of the molecule is CC(c1ccccn1)N1CCN(C(=O)c2[nH]ncc2[N+](=O)[O-])CC1. The normalized spacial score (nSPS) is 16.8. The van der Waals surface area contributed by atoms with E-state index in [9.17, 15) is 14.9 Å². The van der Waals surface area contributed by atoms with Crippen LogP contribution in [0.3, 0.4) is 0 Å². The molecule has 126 valence electrons. The maximum Gasteiger partial charge on any atom is 0.319 e. The van der Waals surface area contributed by atoms with E-state index >= 15 is 0 Å². The van der Waals surface area contributed by atoms with Gasteiger partial charge in [-0.2, -0.15) is 5.10 Å². The van der Waals surface area contributed by atoms with Crippen molar-refractivity contribution in [2.24, 2.45) is 0 Å². The first-order valence-corrected chi connectivity index (χ1v) is 7.70. The predicted octanol–water partition coefficient (Wildman–Crippen LogP) is 1.23. The average Bonchev–Trinajstić information content (AvgIpc) is 3.11. The molecule has 0 saturated carbocycles. The van der Waals surface area contributed by atoms with Crippen LogP contribution < -0.4 is 0 Å². The number of piperazine rings is 1. The zero-order chi connectivity index (χ0) is 17.1. The number of nitro groups is 1. The molecule has 0 aromatic carbocycles. The Kier molecular flexibility index (Phi) is 4.52. The number of aromatic amines is 1. The Morgan fingerprint density at radius 3 is 2.71 bits per heavy atom. The van der Waals surface area contributed by atoms with Crippen molar-refractivity contribution in [1.82, 2.24) is 25.0 Å². The van der Waals surface area contributed by atoms with Crippen LogP contribution in [-0.2, 0) is 0 Å². The van der Waals surface area contributed by atoms with Crippen molar-refractivity contribution >= 4 is 11.6 Å². The van der Waals surface area contributed by atoms with Gasteiger partial charge in [-0.1, -0.05) is 6.07 Å². The number of pyridine rings is 1. The van der Waals surface area contributed by atoms with Crippen LogP contribution in [-0.4, -0.2) is 62.0 Å². The van der Waals surface area contributed by atoms with Gasteiger partial charge >= 0.3 is 5.69 Å². The monoisotopic (exact) mass is 330 g/mol. The molecule has 1 saturated heterocycles. The molecule has 1 N–H and O–H groups in total. The van der Waals surface area contributed by atoms with Crippen LogP contribution in [0.15, 0.2) is 30.6 Å². The summed E-state index contributed by atoms with van der Waals surface area (Å²) in [6, 6.07) is 5.97. The van der Waals surface area contributed by atoms with E-state index in [4.69, 9.17) is 0 Å². The molecule has 1 amide bonds. The van der Waals surface area contributed by atoms with Crippen molar-refractivity contribution in [2.75, 3.05) is 26.2 Å². The van der Waals surface area contributed by atoms with Crippen molar-refractivity contribution in [3.8, 4) is 0 Å². The van der Waals surface area contributed by atoms with E-state index in [1.54, 1.807) is 11.1 Å². The number of amides is 1. The van der Waals surface area contributed by atoms with Crippen LogP contribution in [0.4, 0.5) is 5.69 Å². The molecule has 1 unspecified atom stereocenters. The van der Waals surface area contributed by atoms with Gasteiger partial charge in [0.1, 0.15) is 6.20 Å². The highest BCUT2D eigenvalue weighted by molar-refractivity contribution is 5.96. The Morgan fingerprint density at radius 2 is 2.08 bits per heavy atom. The molecule has 0 spiro atoms. The fraction of sp³-hybridized carbons (Fsp3) is 0.400. The number of hydrogen-bond acceptors (Lipinski definition) is 6. The van der Waals surface area contributed by atoms with E-state index < -0.39 is 4.92 Å². The number of rotatable bonds is 4. The van der Waals surface area contributed by atoms with Crippen molar-refractivity contribution in [3.63, 3.8) is 0 Å². The van der Waals surface area contributed by atoms with Crippen molar-refractivity contribution in [3.05, 3.63) is 52.1 Å². The summed E-state index contributed by atoms with van der Waals surface area (Å²) in [6.45, 7) is 4.47.